The summed E-state index contributed by atoms with van der Waals surface area (Å²) in [5.41, 5.74) is -2.50. The Bertz CT molecular complexity index is 460. The third kappa shape index (κ3) is 3.46. The van der Waals surface area contributed by atoms with Gasteiger partial charge in [-0.3, -0.25) is 0 Å². The van der Waals surface area contributed by atoms with Crippen LogP contribution in [0.2, 0.25) is 0 Å². The van der Waals surface area contributed by atoms with Gasteiger partial charge in [-0.1, -0.05) is 6.07 Å². The Morgan fingerprint density at radius 3 is 2.61 bits per heavy atom. The van der Waals surface area contributed by atoms with Crippen LogP contribution in [0.3, 0.4) is 0 Å². The molecular weight excluding hydrogens is 254 g/mol. The van der Waals surface area contributed by atoms with Gasteiger partial charge in [-0.05, 0) is 39.1 Å². The molecule has 6 heteroatoms. The first-order chi connectivity index (χ1) is 8.71. The zero-order valence-electron chi connectivity index (χ0n) is 11.5. The first-order valence-corrected chi connectivity index (χ1v) is 6.17. The monoisotopic (exact) mass is 272 g/mol. The molecule has 100 valence electrons. The lowest BCUT2D eigenvalue weighted by molar-refractivity contribution is -0.144. The highest BCUT2D eigenvalue weighted by Crippen LogP contribution is 2.26. The highest BCUT2D eigenvalue weighted by molar-refractivity contribution is 7.10. The summed E-state index contributed by atoms with van der Waals surface area (Å²) in [7, 11) is 0. The van der Waals surface area contributed by atoms with E-state index in [0.717, 1.165) is 0 Å². The third-order valence-electron chi connectivity index (χ3n) is 2.16. The van der Waals surface area contributed by atoms with Crippen LogP contribution in [0, 0.1) is 0 Å². The zero-order chi connectivity index (χ0) is 14.7. The van der Waals surface area contributed by atoms with Crippen molar-refractivity contribution in [2.24, 2.45) is 0 Å². The maximum Gasteiger partial charge on any atom is 0.408 e. The molecule has 0 fully saturated rings. The summed E-state index contributed by atoms with van der Waals surface area (Å²) in [5.74, 6) is -1.17. The number of aliphatic carboxylic acids is 1. The number of amides is 1. The van der Waals surface area contributed by atoms with Gasteiger partial charge >= 0.3 is 12.1 Å². The normalized spacial score (nSPS) is 15.4. The van der Waals surface area contributed by atoms with Crippen LogP contribution in [-0.2, 0) is 15.1 Å². The second-order valence-electron chi connectivity index (χ2n) is 4.68. The van der Waals surface area contributed by atoms with E-state index in [-0.39, 0.29) is 6.90 Å². The molecule has 0 saturated heterocycles. The van der Waals surface area contributed by atoms with Gasteiger partial charge in [0.2, 0.25) is 0 Å². The molecule has 18 heavy (non-hydrogen) atoms. The van der Waals surface area contributed by atoms with Gasteiger partial charge < -0.3 is 15.2 Å². The molecule has 0 radical (unpaired) electrons. The molecule has 5 nitrogen and oxygen atoms in total. The van der Waals surface area contributed by atoms with Gasteiger partial charge in [-0.2, -0.15) is 0 Å². The van der Waals surface area contributed by atoms with Crippen LogP contribution in [-0.4, -0.2) is 22.8 Å². The van der Waals surface area contributed by atoms with Crippen LogP contribution in [0.1, 0.15) is 33.9 Å². The van der Waals surface area contributed by atoms with Crippen molar-refractivity contribution in [3.05, 3.63) is 22.4 Å². The van der Waals surface area contributed by atoms with Crippen LogP contribution in [0.4, 0.5) is 4.79 Å². The van der Waals surface area contributed by atoms with Crippen LogP contribution in [0.5, 0.6) is 0 Å². The number of thiophene rings is 1. The second kappa shape index (κ2) is 4.97. The van der Waals surface area contributed by atoms with Crippen molar-refractivity contribution in [3.8, 4) is 0 Å². The fourth-order valence-electron chi connectivity index (χ4n) is 1.26. The fourth-order valence-corrected chi connectivity index (χ4v) is 2.10. The number of nitrogens with one attached hydrogen (secondary N) is 1. The predicted molar refractivity (Wildman–Crippen MR) is 68.7 cm³/mol. The van der Waals surface area contributed by atoms with Crippen molar-refractivity contribution in [2.75, 3.05) is 0 Å². The molecule has 0 aliphatic carbocycles. The largest absolute Gasteiger partial charge is 0.479 e. The predicted octanol–water partition coefficient (Wildman–Crippen LogP) is 2.57. The Kier molecular flexibility index (Phi) is 3.56. The van der Waals surface area contributed by atoms with E-state index in [9.17, 15) is 14.7 Å². The van der Waals surface area contributed by atoms with E-state index in [2.05, 4.69) is 5.32 Å². The summed E-state index contributed by atoms with van der Waals surface area (Å²) in [6, 6.07) is 3.34. The van der Waals surface area contributed by atoms with E-state index in [1.54, 1.807) is 31.4 Å². The lowest BCUT2D eigenvalue weighted by atomic mass is 10.0. The molecule has 1 atom stereocenters. The van der Waals surface area contributed by atoms with E-state index in [4.69, 9.17) is 6.11 Å². The maximum atomic E-state index is 11.8. The van der Waals surface area contributed by atoms with Gasteiger partial charge in [0.1, 0.15) is 5.60 Å². The number of carbonyl (C=O) groups is 2. The standard InChI is InChI=1S/C12H17NO4S/c1-11(2,3)17-10(16)13-12(4,9(14)15)8-6-5-7-18-8/h5-7H,1-4H3,(H,13,16)(H,14,15)/t12-/m1/s1/i1D. The molecular formula is C12H17NO4S. The van der Waals surface area contributed by atoms with E-state index in [1.807, 2.05) is 0 Å². The van der Waals surface area contributed by atoms with Crippen LogP contribution in [0.15, 0.2) is 17.5 Å². The highest BCUT2D eigenvalue weighted by atomic mass is 32.1. The van der Waals surface area contributed by atoms with E-state index in [1.165, 1.54) is 18.3 Å². The zero-order valence-corrected chi connectivity index (χ0v) is 11.3. The topological polar surface area (TPSA) is 75.6 Å². The summed E-state index contributed by atoms with van der Waals surface area (Å²) in [6.45, 7) is 4.46. The minimum atomic E-state index is -1.54. The molecule has 1 amide bonds. The maximum absolute atomic E-state index is 11.8. The van der Waals surface area contributed by atoms with Crippen molar-refractivity contribution < 1.29 is 20.8 Å². The molecule has 1 rings (SSSR count). The van der Waals surface area contributed by atoms with Gasteiger partial charge in [-0.25, -0.2) is 9.59 Å². The van der Waals surface area contributed by atoms with Crippen LogP contribution < -0.4 is 5.32 Å². The average Bonchev–Trinajstić information content (AvgIpc) is 2.81. The third-order valence-corrected chi connectivity index (χ3v) is 3.25. The van der Waals surface area contributed by atoms with Crippen LogP contribution >= 0.6 is 11.3 Å². The molecule has 0 unspecified atom stereocenters. The first-order valence-electron chi connectivity index (χ1n) is 6.00. The molecule has 0 bridgehead atoms. The SMILES string of the molecule is [2H]CC(C)(C)OC(=O)N[C@@](C)(C(=O)O)c1cccs1. The fraction of sp³-hybridized carbons (Fsp3) is 0.500. The minimum Gasteiger partial charge on any atom is -0.479 e. The number of carbonyl (C=O) groups excluding carboxylic acids is 1. The van der Waals surface area contributed by atoms with Crippen LogP contribution in [0.25, 0.3) is 0 Å². The van der Waals surface area contributed by atoms with E-state index >= 15 is 0 Å². The molecule has 0 aliphatic rings. The molecule has 0 spiro atoms. The Balaban J connectivity index is 2.87. The van der Waals surface area contributed by atoms with Gasteiger partial charge in [-0.15, -0.1) is 11.3 Å². The Morgan fingerprint density at radius 2 is 2.17 bits per heavy atom. The summed E-state index contributed by atoms with van der Waals surface area (Å²) in [4.78, 5) is 23.6. The molecule has 0 saturated carbocycles. The average molecular weight is 272 g/mol. The highest BCUT2D eigenvalue weighted by Gasteiger charge is 2.39. The number of alkyl carbamates (subject to hydrolysis) is 1. The number of ether oxygens (including phenoxy) is 1. The smallest absolute Gasteiger partial charge is 0.408 e. The lowest BCUT2D eigenvalue weighted by Crippen LogP contribution is -2.50. The Hall–Kier alpha value is -1.56. The Morgan fingerprint density at radius 1 is 1.50 bits per heavy atom. The summed E-state index contributed by atoms with van der Waals surface area (Å²) in [6.07, 6.45) is -0.851. The van der Waals surface area contributed by atoms with Crippen molar-refractivity contribution in [1.82, 2.24) is 5.32 Å². The lowest BCUT2D eigenvalue weighted by Gasteiger charge is -2.27. The van der Waals surface area contributed by atoms with Gasteiger partial charge in [0.05, 0.1) is 0 Å². The number of carboxylic acids is 1. The summed E-state index contributed by atoms with van der Waals surface area (Å²) >= 11 is 1.24. The molecule has 1 aromatic rings. The van der Waals surface area contributed by atoms with Crippen molar-refractivity contribution in [2.45, 2.75) is 38.8 Å². The van der Waals surface area contributed by atoms with E-state index in [0.29, 0.717) is 4.88 Å². The molecule has 1 aromatic heterocycles. The van der Waals surface area contributed by atoms with Gasteiger partial charge in [0.15, 0.2) is 5.54 Å². The van der Waals surface area contributed by atoms with Gasteiger partial charge in [0, 0.05) is 6.25 Å². The number of rotatable bonds is 3. The molecule has 0 aliphatic heterocycles. The van der Waals surface area contributed by atoms with Gasteiger partial charge in [0.25, 0.3) is 0 Å². The van der Waals surface area contributed by atoms with Crippen molar-refractivity contribution >= 4 is 23.4 Å². The Labute approximate surface area is 111 Å². The number of hydrogen-bond acceptors (Lipinski definition) is 4. The first kappa shape index (κ1) is 12.9. The summed E-state index contributed by atoms with van der Waals surface area (Å²) in [5, 5.41) is 13.4. The quantitative estimate of drug-likeness (QED) is 0.886. The summed E-state index contributed by atoms with van der Waals surface area (Å²) < 4.78 is 12.3. The second-order valence-corrected chi connectivity index (χ2v) is 5.63. The molecule has 0 aromatic carbocycles. The number of carboxylic acid groups (broad SMARTS) is 1. The number of hydrogen-bond donors (Lipinski definition) is 2. The van der Waals surface area contributed by atoms with Crippen molar-refractivity contribution in [1.29, 1.82) is 0 Å². The molecule has 1 heterocycles. The van der Waals surface area contributed by atoms with Crippen molar-refractivity contribution in [3.63, 3.8) is 0 Å². The molecule has 2 N–H and O–H groups in total. The van der Waals surface area contributed by atoms with E-state index < -0.39 is 23.2 Å². The minimum absolute atomic E-state index is 0.108.